The Bertz CT molecular complexity index is 534. The van der Waals surface area contributed by atoms with Crippen LogP contribution in [0.1, 0.15) is 37.7 Å². The van der Waals surface area contributed by atoms with Crippen molar-refractivity contribution in [3.05, 3.63) is 29.8 Å². The molecular weight excluding hydrogens is 282 g/mol. The molecule has 1 aliphatic carbocycles. The monoisotopic (exact) mass is 303 g/mol. The third-order valence-electron chi connectivity index (χ3n) is 4.32. The molecule has 0 bridgehead atoms. The van der Waals surface area contributed by atoms with Crippen LogP contribution in [0.2, 0.25) is 0 Å². The second-order valence-corrected chi connectivity index (χ2v) is 6.05. The summed E-state index contributed by atoms with van der Waals surface area (Å²) in [6, 6.07) is 7.64. The summed E-state index contributed by atoms with van der Waals surface area (Å²) in [5.41, 5.74) is 0.944. The number of alkyl carbamates (subject to hydrolysis) is 1. The smallest absolute Gasteiger partial charge is 0.414 e. The summed E-state index contributed by atoms with van der Waals surface area (Å²) in [4.78, 5) is 22.4. The summed E-state index contributed by atoms with van der Waals surface area (Å²) in [6.07, 6.45) is 5.51. The number of nitrogens with one attached hydrogen (secondary N) is 1. The third-order valence-corrected chi connectivity index (χ3v) is 4.32. The van der Waals surface area contributed by atoms with E-state index in [2.05, 4.69) is 5.32 Å². The van der Waals surface area contributed by atoms with Gasteiger partial charge in [-0.3, -0.25) is 10.1 Å². The molecule has 1 aromatic carbocycles. The van der Waals surface area contributed by atoms with Gasteiger partial charge in [-0.25, -0.2) is 4.79 Å². The number of carbonyl (C=O) groups is 2. The summed E-state index contributed by atoms with van der Waals surface area (Å²) in [6.45, 7) is 0.780. The van der Waals surface area contributed by atoms with Gasteiger partial charge in [-0.1, -0.05) is 31.4 Å². The molecule has 1 N–H and O–H groups in total. The van der Waals surface area contributed by atoms with Crippen LogP contribution in [0.3, 0.4) is 0 Å². The number of imide groups is 1. The Kier molecular flexibility index (Phi) is 4.61. The maximum Gasteiger partial charge on any atom is 0.414 e. The van der Waals surface area contributed by atoms with Gasteiger partial charge in [0.15, 0.2) is 6.10 Å². The van der Waals surface area contributed by atoms with Crippen LogP contribution in [0.4, 0.5) is 4.79 Å². The predicted molar refractivity (Wildman–Crippen MR) is 80.6 cm³/mol. The first-order valence-corrected chi connectivity index (χ1v) is 7.94. The molecule has 0 spiro atoms. The highest BCUT2D eigenvalue weighted by Crippen LogP contribution is 2.25. The second-order valence-electron chi connectivity index (χ2n) is 6.05. The molecule has 2 amide bonds. The van der Waals surface area contributed by atoms with E-state index in [1.165, 1.54) is 32.1 Å². The summed E-state index contributed by atoms with van der Waals surface area (Å²) >= 11 is 0. The van der Waals surface area contributed by atoms with E-state index in [1.807, 2.05) is 24.3 Å². The summed E-state index contributed by atoms with van der Waals surface area (Å²) in [5, 5.41) is 2.13. The zero-order valence-electron chi connectivity index (χ0n) is 12.5. The molecule has 2 aliphatic rings. The molecular formula is C17H21NO4. The molecule has 5 nitrogen and oxygen atoms in total. The van der Waals surface area contributed by atoms with Crippen LogP contribution in [-0.4, -0.2) is 24.7 Å². The highest BCUT2D eigenvalue weighted by Gasteiger charge is 2.31. The van der Waals surface area contributed by atoms with Crippen LogP contribution in [0.5, 0.6) is 5.75 Å². The fourth-order valence-corrected chi connectivity index (χ4v) is 3.03. The van der Waals surface area contributed by atoms with Crippen molar-refractivity contribution in [2.45, 2.75) is 44.6 Å². The van der Waals surface area contributed by atoms with Gasteiger partial charge in [0.25, 0.3) is 5.91 Å². The van der Waals surface area contributed by atoms with E-state index in [9.17, 15) is 9.59 Å². The van der Waals surface area contributed by atoms with Gasteiger partial charge in [-0.15, -0.1) is 0 Å². The number of hydrogen-bond acceptors (Lipinski definition) is 4. The van der Waals surface area contributed by atoms with Gasteiger partial charge in [-0.2, -0.15) is 0 Å². The molecule has 1 saturated carbocycles. The molecule has 1 unspecified atom stereocenters. The quantitative estimate of drug-likeness (QED) is 0.908. The lowest BCUT2D eigenvalue weighted by atomic mass is 9.90. The topological polar surface area (TPSA) is 64.6 Å². The molecule has 3 rings (SSSR count). The number of benzene rings is 1. The summed E-state index contributed by atoms with van der Waals surface area (Å²) < 4.78 is 10.7. The Balaban J connectivity index is 1.49. The average Bonchev–Trinajstić information content (AvgIpc) is 2.85. The zero-order valence-corrected chi connectivity index (χ0v) is 12.5. The standard InChI is InChI=1S/C17H21NO4/c19-16-15(22-17(20)18-16)10-12-6-8-14(9-7-12)21-11-13-4-2-1-3-5-13/h6-9,13,15H,1-5,10-11H2,(H,18,19,20). The minimum atomic E-state index is -0.721. The number of rotatable bonds is 5. The lowest BCUT2D eigenvalue weighted by Crippen LogP contribution is -2.25. The van der Waals surface area contributed by atoms with Gasteiger partial charge < -0.3 is 9.47 Å². The summed E-state index contributed by atoms with van der Waals surface area (Å²) in [7, 11) is 0. The molecule has 0 radical (unpaired) electrons. The molecule has 5 heteroatoms. The van der Waals surface area contributed by atoms with E-state index in [4.69, 9.17) is 9.47 Å². The Labute approximate surface area is 130 Å². The normalized spacial score (nSPS) is 22.3. The molecule has 1 heterocycles. The van der Waals surface area contributed by atoms with Gasteiger partial charge >= 0.3 is 6.09 Å². The maximum atomic E-state index is 11.5. The van der Waals surface area contributed by atoms with E-state index in [-0.39, 0.29) is 5.91 Å². The molecule has 1 aromatic rings. The minimum absolute atomic E-state index is 0.373. The average molecular weight is 303 g/mol. The number of hydrogen-bond donors (Lipinski definition) is 1. The van der Waals surface area contributed by atoms with Gasteiger partial charge in [0.1, 0.15) is 5.75 Å². The SMILES string of the molecule is O=C1NC(=O)C(Cc2ccc(OCC3CCCCC3)cc2)O1. The van der Waals surface area contributed by atoms with Crippen LogP contribution in [0.25, 0.3) is 0 Å². The van der Waals surface area contributed by atoms with Crippen LogP contribution in [-0.2, 0) is 16.0 Å². The molecule has 1 aliphatic heterocycles. The first-order chi connectivity index (χ1) is 10.7. The van der Waals surface area contributed by atoms with Crippen molar-refractivity contribution in [3.8, 4) is 5.75 Å². The highest BCUT2D eigenvalue weighted by molar-refractivity contribution is 6.00. The molecule has 1 atom stereocenters. The lowest BCUT2D eigenvalue weighted by molar-refractivity contribution is -0.123. The van der Waals surface area contributed by atoms with E-state index in [0.29, 0.717) is 12.3 Å². The van der Waals surface area contributed by atoms with E-state index in [1.54, 1.807) is 0 Å². The predicted octanol–water partition coefficient (Wildman–Crippen LogP) is 2.82. The Morgan fingerprint density at radius 3 is 2.45 bits per heavy atom. The zero-order chi connectivity index (χ0) is 15.4. The molecule has 1 saturated heterocycles. The first-order valence-electron chi connectivity index (χ1n) is 7.94. The van der Waals surface area contributed by atoms with E-state index in [0.717, 1.165) is 17.9 Å². The largest absolute Gasteiger partial charge is 0.493 e. The fourth-order valence-electron chi connectivity index (χ4n) is 3.03. The lowest BCUT2D eigenvalue weighted by Gasteiger charge is -2.21. The second kappa shape index (κ2) is 6.81. The van der Waals surface area contributed by atoms with E-state index < -0.39 is 12.2 Å². The van der Waals surface area contributed by atoms with Crippen molar-refractivity contribution in [2.75, 3.05) is 6.61 Å². The van der Waals surface area contributed by atoms with Crippen LogP contribution >= 0.6 is 0 Å². The Morgan fingerprint density at radius 2 is 1.82 bits per heavy atom. The molecule has 118 valence electrons. The van der Waals surface area contributed by atoms with Crippen molar-refractivity contribution in [3.63, 3.8) is 0 Å². The molecule has 22 heavy (non-hydrogen) atoms. The third kappa shape index (κ3) is 3.78. The Hall–Kier alpha value is -2.04. The highest BCUT2D eigenvalue weighted by atomic mass is 16.6. The minimum Gasteiger partial charge on any atom is -0.493 e. The van der Waals surface area contributed by atoms with Crippen molar-refractivity contribution >= 4 is 12.0 Å². The number of ether oxygens (including phenoxy) is 2. The first kappa shape index (κ1) is 14.9. The van der Waals surface area contributed by atoms with E-state index >= 15 is 0 Å². The van der Waals surface area contributed by atoms with Gasteiger partial charge in [0.05, 0.1) is 6.61 Å². The van der Waals surface area contributed by atoms with Crippen LogP contribution in [0.15, 0.2) is 24.3 Å². The van der Waals surface area contributed by atoms with Crippen molar-refractivity contribution in [2.24, 2.45) is 5.92 Å². The van der Waals surface area contributed by atoms with Crippen LogP contribution in [0, 0.1) is 5.92 Å². The summed E-state index contributed by atoms with van der Waals surface area (Å²) in [5.74, 6) is 1.15. The number of cyclic esters (lactones) is 1. The maximum absolute atomic E-state index is 11.5. The van der Waals surface area contributed by atoms with Crippen molar-refractivity contribution in [1.82, 2.24) is 5.32 Å². The number of carbonyl (C=O) groups excluding carboxylic acids is 2. The fraction of sp³-hybridized carbons (Fsp3) is 0.529. The van der Waals surface area contributed by atoms with Gasteiger partial charge in [0.2, 0.25) is 0 Å². The van der Waals surface area contributed by atoms with Gasteiger partial charge in [-0.05, 0) is 36.5 Å². The Morgan fingerprint density at radius 1 is 1.09 bits per heavy atom. The van der Waals surface area contributed by atoms with Crippen LogP contribution < -0.4 is 10.1 Å². The molecule has 2 fully saturated rings. The molecule has 0 aromatic heterocycles. The number of amides is 2. The van der Waals surface area contributed by atoms with Crippen molar-refractivity contribution in [1.29, 1.82) is 0 Å². The van der Waals surface area contributed by atoms with Crippen molar-refractivity contribution < 1.29 is 19.1 Å². The van der Waals surface area contributed by atoms with Gasteiger partial charge in [0, 0.05) is 6.42 Å².